The lowest BCUT2D eigenvalue weighted by molar-refractivity contribution is 0.102. The second-order valence-corrected chi connectivity index (χ2v) is 8.25. The minimum atomic E-state index is -3.85. The molecular formula is C22H17FN4O3S. The molecule has 3 aromatic carbocycles. The van der Waals surface area contributed by atoms with Gasteiger partial charge >= 0.3 is 0 Å². The average molecular weight is 436 g/mol. The lowest BCUT2D eigenvalue weighted by Crippen LogP contribution is -2.13. The monoisotopic (exact) mass is 436 g/mol. The van der Waals surface area contributed by atoms with E-state index in [0.29, 0.717) is 22.6 Å². The van der Waals surface area contributed by atoms with E-state index < -0.39 is 21.7 Å². The number of carbonyl (C=O) groups is 1. The fraction of sp³-hybridized carbons (Fsp3) is 0. The van der Waals surface area contributed by atoms with E-state index in [9.17, 15) is 17.6 Å². The van der Waals surface area contributed by atoms with Gasteiger partial charge in [0.15, 0.2) is 5.69 Å². The highest BCUT2D eigenvalue weighted by Gasteiger charge is 2.18. The van der Waals surface area contributed by atoms with Crippen molar-refractivity contribution in [3.63, 3.8) is 0 Å². The number of amides is 1. The molecular weight excluding hydrogens is 419 g/mol. The van der Waals surface area contributed by atoms with Gasteiger partial charge < -0.3 is 5.32 Å². The molecule has 0 aliphatic carbocycles. The molecule has 0 bridgehead atoms. The number of halogens is 1. The molecule has 31 heavy (non-hydrogen) atoms. The third-order valence-electron chi connectivity index (χ3n) is 4.52. The zero-order valence-electron chi connectivity index (χ0n) is 16.1. The third-order valence-corrected chi connectivity index (χ3v) is 5.45. The van der Waals surface area contributed by atoms with Gasteiger partial charge in [-0.3, -0.25) is 4.79 Å². The number of carbonyl (C=O) groups excluding carboxylic acids is 1. The average Bonchev–Trinajstić information content (AvgIpc) is 3.20. The summed E-state index contributed by atoms with van der Waals surface area (Å²) >= 11 is 0. The first-order valence-corrected chi connectivity index (χ1v) is 10.7. The van der Waals surface area contributed by atoms with E-state index in [-0.39, 0.29) is 10.6 Å². The Morgan fingerprint density at radius 2 is 1.58 bits per heavy atom. The second kappa shape index (κ2) is 8.13. The molecule has 4 aromatic rings. The Kier molecular flexibility index (Phi) is 5.37. The number of primary sulfonamides is 1. The molecule has 4 rings (SSSR count). The van der Waals surface area contributed by atoms with Crippen LogP contribution in [0.2, 0.25) is 0 Å². The number of benzene rings is 3. The van der Waals surface area contributed by atoms with Gasteiger partial charge in [0, 0.05) is 11.3 Å². The molecule has 0 saturated carbocycles. The summed E-state index contributed by atoms with van der Waals surface area (Å²) in [6, 6.07) is 22.0. The van der Waals surface area contributed by atoms with Crippen molar-refractivity contribution in [2.75, 3.05) is 5.32 Å². The second-order valence-electron chi connectivity index (χ2n) is 6.69. The zero-order chi connectivity index (χ0) is 22.0. The molecule has 0 fully saturated rings. The lowest BCUT2D eigenvalue weighted by Gasteiger charge is -2.08. The maximum atomic E-state index is 13.4. The van der Waals surface area contributed by atoms with E-state index >= 15 is 0 Å². The van der Waals surface area contributed by atoms with Crippen LogP contribution in [0.4, 0.5) is 10.1 Å². The molecule has 0 radical (unpaired) electrons. The highest BCUT2D eigenvalue weighted by atomic mass is 32.2. The van der Waals surface area contributed by atoms with Crippen LogP contribution in [0.1, 0.15) is 10.5 Å². The molecule has 0 atom stereocenters. The summed E-state index contributed by atoms with van der Waals surface area (Å²) in [5, 5.41) is 12.3. The van der Waals surface area contributed by atoms with Crippen molar-refractivity contribution >= 4 is 21.6 Å². The number of nitrogens with one attached hydrogen (secondary N) is 1. The maximum absolute atomic E-state index is 13.4. The molecule has 0 aliphatic heterocycles. The number of hydrogen-bond acceptors (Lipinski definition) is 4. The van der Waals surface area contributed by atoms with E-state index in [1.807, 2.05) is 6.07 Å². The van der Waals surface area contributed by atoms with Crippen molar-refractivity contribution in [3.8, 4) is 16.9 Å². The van der Waals surface area contributed by atoms with Crippen LogP contribution in [0, 0.1) is 5.82 Å². The van der Waals surface area contributed by atoms with Crippen molar-refractivity contribution < 1.29 is 17.6 Å². The van der Waals surface area contributed by atoms with Crippen molar-refractivity contribution in [1.82, 2.24) is 9.78 Å². The molecule has 1 aromatic heterocycles. The molecule has 156 valence electrons. The Morgan fingerprint density at radius 1 is 0.935 bits per heavy atom. The number of aromatic nitrogens is 2. The summed E-state index contributed by atoms with van der Waals surface area (Å²) in [6.07, 6.45) is 0. The fourth-order valence-electron chi connectivity index (χ4n) is 3.01. The number of nitrogens with two attached hydrogens (primary N) is 1. The maximum Gasteiger partial charge on any atom is 0.276 e. The standard InChI is InChI=1S/C22H17FN4O3S/c23-16-8-6-15(7-9-16)21-14-20(22(28)25-17-4-2-1-3-5-17)26-27(21)18-10-12-19(13-11-18)31(24,29)30/h1-14H,(H,25,28)(H2,24,29,30). The summed E-state index contributed by atoms with van der Waals surface area (Å²) in [4.78, 5) is 12.7. The van der Waals surface area contributed by atoms with Gasteiger partial charge in [0.2, 0.25) is 10.0 Å². The van der Waals surface area contributed by atoms with Crippen molar-refractivity contribution in [2.45, 2.75) is 4.90 Å². The van der Waals surface area contributed by atoms with Gasteiger partial charge in [0.25, 0.3) is 5.91 Å². The Hall–Kier alpha value is -3.82. The number of rotatable bonds is 5. The molecule has 3 N–H and O–H groups in total. The van der Waals surface area contributed by atoms with Crippen LogP contribution in [0.3, 0.4) is 0 Å². The summed E-state index contributed by atoms with van der Waals surface area (Å²) in [7, 11) is -3.85. The molecule has 0 unspecified atom stereocenters. The fourth-order valence-corrected chi connectivity index (χ4v) is 3.52. The Bertz CT molecular complexity index is 1330. The normalized spacial score (nSPS) is 11.3. The van der Waals surface area contributed by atoms with Crippen LogP contribution >= 0.6 is 0 Å². The number of para-hydroxylation sites is 1. The van der Waals surface area contributed by atoms with Gasteiger partial charge in [0.1, 0.15) is 5.82 Å². The molecule has 9 heteroatoms. The Morgan fingerprint density at radius 3 is 2.19 bits per heavy atom. The third kappa shape index (κ3) is 4.52. The Balaban J connectivity index is 1.77. The van der Waals surface area contributed by atoms with Crippen LogP contribution in [-0.2, 0) is 10.0 Å². The first kappa shape index (κ1) is 20.5. The lowest BCUT2D eigenvalue weighted by atomic mass is 10.1. The summed E-state index contributed by atoms with van der Waals surface area (Å²) in [5.41, 5.74) is 2.41. The van der Waals surface area contributed by atoms with E-state index in [2.05, 4.69) is 10.4 Å². The molecule has 0 aliphatic rings. The highest BCUT2D eigenvalue weighted by molar-refractivity contribution is 7.89. The molecule has 1 heterocycles. The minimum Gasteiger partial charge on any atom is -0.321 e. The van der Waals surface area contributed by atoms with E-state index in [1.165, 1.54) is 41.1 Å². The molecule has 1 amide bonds. The van der Waals surface area contributed by atoms with Gasteiger partial charge in [-0.1, -0.05) is 18.2 Å². The predicted molar refractivity (Wildman–Crippen MR) is 115 cm³/mol. The summed E-state index contributed by atoms with van der Waals surface area (Å²) < 4.78 is 38.0. The summed E-state index contributed by atoms with van der Waals surface area (Å²) in [5.74, 6) is -0.816. The largest absolute Gasteiger partial charge is 0.321 e. The molecule has 0 saturated heterocycles. The van der Waals surface area contributed by atoms with E-state index in [1.54, 1.807) is 42.5 Å². The number of sulfonamides is 1. The number of anilines is 1. The van der Waals surface area contributed by atoms with Crippen LogP contribution in [-0.4, -0.2) is 24.1 Å². The van der Waals surface area contributed by atoms with Crippen LogP contribution in [0.15, 0.2) is 89.8 Å². The van der Waals surface area contributed by atoms with E-state index in [0.717, 1.165) is 0 Å². The molecule has 7 nitrogen and oxygen atoms in total. The topological polar surface area (TPSA) is 107 Å². The van der Waals surface area contributed by atoms with E-state index in [4.69, 9.17) is 5.14 Å². The van der Waals surface area contributed by atoms with Gasteiger partial charge in [-0.25, -0.2) is 22.6 Å². The van der Waals surface area contributed by atoms with Gasteiger partial charge in [-0.15, -0.1) is 0 Å². The summed E-state index contributed by atoms with van der Waals surface area (Å²) in [6.45, 7) is 0. The first-order chi connectivity index (χ1) is 14.8. The first-order valence-electron chi connectivity index (χ1n) is 9.17. The molecule has 0 spiro atoms. The Labute approximate surface area is 178 Å². The zero-order valence-corrected chi connectivity index (χ0v) is 16.9. The minimum absolute atomic E-state index is 0.0474. The number of nitrogens with zero attached hydrogens (tertiary/aromatic N) is 2. The van der Waals surface area contributed by atoms with Crippen LogP contribution in [0.5, 0.6) is 0 Å². The quantitative estimate of drug-likeness (QED) is 0.499. The van der Waals surface area contributed by atoms with Crippen molar-refractivity contribution in [2.24, 2.45) is 5.14 Å². The van der Waals surface area contributed by atoms with Crippen LogP contribution in [0.25, 0.3) is 16.9 Å². The van der Waals surface area contributed by atoms with Crippen molar-refractivity contribution in [3.05, 3.63) is 96.4 Å². The van der Waals surface area contributed by atoms with Crippen LogP contribution < -0.4 is 10.5 Å². The predicted octanol–water partition coefficient (Wildman–Crippen LogP) is 3.58. The van der Waals surface area contributed by atoms with Crippen molar-refractivity contribution in [1.29, 1.82) is 0 Å². The SMILES string of the molecule is NS(=O)(=O)c1ccc(-n2nc(C(=O)Nc3ccccc3)cc2-c2ccc(F)cc2)cc1. The highest BCUT2D eigenvalue weighted by Crippen LogP contribution is 2.25. The van der Waals surface area contributed by atoms with Gasteiger partial charge in [-0.2, -0.15) is 5.10 Å². The number of hydrogen-bond donors (Lipinski definition) is 2. The van der Waals surface area contributed by atoms with Gasteiger partial charge in [-0.05, 0) is 66.7 Å². The smallest absolute Gasteiger partial charge is 0.276 e. The van der Waals surface area contributed by atoms with Gasteiger partial charge in [0.05, 0.1) is 16.3 Å².